The molecule has 0 saturated carbocycles. The van der Waals surface area contributed by atoms with Gasteiger partial charge in [-0.25, -0.2) is 0 Å². The largest absolute Gasteiger partial charge is 0.353 e. The van der Waals surface area contributed by atoms with Crippen LogP contribution in [-0.4, -0.2) is 29.1 Å². The number of hydrogen-bond acceptors (Lipinski definition) is 2. The van der Waals surface area contributed by atoms with Crippen LogP contribution in [0.4, 0.5) is 0 Å². The lowest BCUT2D eigenvalue weighted by atomic mass is 9.72. The molecule has 1 atom stereocenters. The van der Waals surface area contributed by atoms with E-state index in [9.17, 15) is 5.26 Å². The fourth-order valence-corrected chi connectivity index (χ4v) is 6.20. The molecule has 2 aromatic carbocycles. The highest BCUT2D eigenvalue weighted by Crippen LogP contribution is 2.39. The molecule has 0 amide bonds. The van der Waals surface area contributed by atoms with Crippen LogP contribution >= 0.6 is 12.4 Å². The molecule has 1 aliphatic heterocycles. The number of piperidine rings is 1. The van der Waals surface area contributed by atoms with Crippen molar-refractivity contribution in [1.29, 1.82) is 5.26 Å². The Morgan fingerprint density at radius 2 is 1.49 bits per heavy atom. The van der Waals surface area contributed by atoms with Gasteiger partial charge >= 0.3 is 0 Å². The van der Waals surface area contributed by atoms with E-state index in [4.69, 9.17) is 0 Å². The monoisotopic (exact) mass is 511 g/mol. The lowest BCUT2D eigenvalue weighted by molar-refractivity contribution is 0.236. The second-order valence-corrected chi connectivity index (χ2v) is 10.7. The minimum atomic E-state index is -0.429. The van der Waals surface area contributed by atoms with Gasteiger partial charge in [0.15, 0.2) is 0 Å². The van der Waals surface area contributed by atoms with Crippen LogP contribution in [0.15, 0.2) is 72.4 Å². The molecule has 1 aliphatic carbocycles. The third kappa shape index (κ3) is 5.19. The molecule has 2 heterocycles. The zero-order chi connectivity index (χ0) is 25.1. The van der Waals surface area contributed by atoms with Crippen molar-refractivity contribution < 1.29 is 0 Å². The van der Waals surface area contributed by atoms with E-state index in [0.717, 1.165) is 51.0 Å². The number of likely N-dealkylation sites (tertiary alicyclic amines) is 1. The average molecular weight is 512 g/mol. The molecule has 3 aromatic rings. The molecule has 5 rings (SSSR count). The molecular formula is C33H38ClN3. The number of halogens is 1. The van der Waals surface area contributed by atoms with Gasteiger partial charge in [0.05, 0.1) is 11.5 Å². The molecule has 1 fully saturated rings. The lowest BCUT2D eigenvalue weighted by Gasteiger charge is -2.34. The fraction of sp³-hybridized carbons (Fsp3) is 0.364. The summed E-state index contributed by atoms with van der Waals surface area (Å²) in [6, 6.07) is 24.5. The first-order valence-electron chi connectivity index (χ1n) is 13.4. The van der Waals surface area contributed by atoms with E-state index in [0.29, 0.717) is 0 Å². The summed E-state index contributed by atoms with van der Waals surface area (Å²) in [6.45, 7) is 7.60. The highest BCUT2D eigenvalue weighted by atomic mass is 35.5. The van der Waals surface area contributed by atoms with Crippen molar-refractivity contribution in [2.24, 2.45) is 13.0 Å². The van der Waals surface area contributed by atoms with Gasteiger partial charge < -0.3 is 9.47 Å². The molecule has 1 saturated heterocycles. The van der Waals surface area contributed by atoms with Gasteiger partial charge in [0.2, 0.25) is 0 Å². The van der Waals surface area contributed by atoms with Crippen LogP contribution in [0.1, 0.15) is 67.5 Å². The molecule has 1 unspecified atom stereocenters. The molecule has 4 heteroatoms. The minimum absolute atomic E-state index is 0. The number of benzene rings is 2. The first-order chi connectivity index (χ1) is 17.5. The van der Waals surface area contributed by atoms with Crippen molar-refractivity contribution in [3.05, 3.63) is 100 Å². The Hall–Kier alpha value is -3.06. The Morgan fingerprint density at radius 1 is 0.892 bits per heavy atom. The second-order valence-electron chi connectivity index (χ2n) is 10.7. The molecule has 37 heavy (non-hydrogen) atoms. The third-order valence-corrected chi connectivity index (χ3v) is 8.35. The van der Waals surface area contributed by atoms with Gasteiger partial charge in [-0.1, -0.05) is 80.1 Å². The molecule has 3 nitrogen and oxygen atoms in total. The SMILES string of the molecule is CC(C)C(C#N)(CCCN1CCC(=C2c3ccccc3C=Cc3ccccc32)CC1)c1cccn1C.Cl. The Morgan fingerprint density at radius 3 is 2.00 bits per heavy atom. The van der Waals surface area contributed by atoms with Crippen molar-refractivity contribution >= 4 is 30.1 Å². The van der Waals surface area contributed by atoms with Crippen LogP contribution in [0.25, 0.3) is 17.7 Å². The van der Waals surface area contributed by atoms with E-state index in [1.165, 1.54) is 27.8 Å². The number of aromatic nitrogens is 1. The molecular weight excluding hydrogens is 474 g/mol. The number of rotatable bonds is 6. The van der Waals surface area contributed by atoms with Crippen LogP contribution in [0, 0.1) is 17.2 Å². The van der Waals surface area contributed by atoms with Crippen molar-refractivity contribution in [2.75, 3.05) is 19.6 Å². The second kappa shape index (κ2) is 11.5. The standard InChI is InChI=1S/C33H37N3.ClH/c1-25(2)33(24-34,31-14-8-20-35(31)3)19-9-21-36-22-17-28(18-23-36)32-29-12-6-4-10-26(29)15-16-27-11-5-7-13-30(27)32;/h4-8,10-16,20,25H,9,17-19,21-23H2,1-3H3;1H. The number of fused-ring (bicyclic) bond motifs is 2. The maximum Gasteiger partial charge on any atom is 0.0996 e. The topological polar surface area (TPSA) is 32.0 Å². The van der Waals surface area contributed by atoms with Gasteiger partial charge in [-0.3, -0.25) is 0 Å². The van der Waals surface area contributed by atoms with Gasteiger partial charge in [0, 0.05) is 32.0 Å². The van der Waals surface area contributed by atoms with Gasteiger partial charge in [-0.15, -0.1) is 12.4 Å². The highest BCUT2D eigenvalue weighted by Gasteiger charge is 2.37. The van der Waals surface area contributed by atoms with Crippen LogP contribution < -0.4 is 0 Å². The predicted octanol–water partition coefficient (Wildman–Crippen LogP) is 7.73. The smallest absolute Gasteiger partial charge is 0.0996 e. The Bertz CT molecular complexity index is 1280. The Labute approximate surface area is 228 Å². The molecule has 0 radical (unpaired) electrons. The van der Waals surface area contributed by atoms with Crippen LogP contribution in [-0.2, 0) is 12.5 Å². The summed E-state index contributed by atoms with van der Waals surface area (Å²) in [5.41, 5.74) is 9.07. The fourth-order valence-electron chi connectivity index (χ4n) is 6.20. The summed E-state index contributed by atoms with van der Waals surface area (Å²) < 4.78 is 2.12. The van der Waals surface area contributed by atoms with E-state index in [2.05, 4.69) is 115 Å². The van der Waals surface area contributed by atoms with Crippen LogP contribution in [0.5, 0.6) is 0 Å². The van der Waals surface area contributed by atoms with Gasteiger partial charge in [0.1, 0.15) is 0 Å². The first kappa shape index (κ1) is 27.0. The maximum absolute atomic E-state index is 10.3. The molecule has 0 bridgehead atoms. The summed E-state index contributed by atoms with van der Waals surface area (Å²) in [7, 11) is 2.06. The molecule has 2 aliphatic rings. The van der Waals surface area contributed by atoms with Crippen molar-refractivity contribution in [3.63, 3.8) is 0 Å². The van der Waals surface area contributed by atoms with Crippen molar-refractivity contribution in [3.8, 4) is 6.07 Å². The normalized spacial score (nSPS) is 16.8. The van der Waals surface area contributed by atoms with Crippen molar-refractivity contribution in [2.45, 2.75) is 44.9 Å². The number of hydrogen-bond donors (Lipinski definition) is 0. The molecule has 0 N–H and O–H groups in total. The first-order valence-corrected chi connectivity index (χ1v) is 13.4. The van der Waals surface area contributed by atoms with E-state index in [-0.39, 0.29) is 18.3 Å². The lowest BCUT2D eigenvalue weighted by Crippen LogP contribution is -2.36. The van der Waals surface area contributed by atoms with Gasteiger partial charge in [-0.2, -0.15) is 5.26 Å². The van der Waals surface area contributed by atoms with E-state index >= 15 is 0 Å². The van der Waals surface area contributed by atoms with E-state index < -0.39 is 5.41 Å². The van der Waals surface area contributed by atoms with E-state index in [1.807, 2.05) is 0 Å². The zero-order valence-electron chi connectivity index (χ0n) is 22.3. The summed E-state index contributed by atoms with van der Waals surface area (Å²) in [5, 5.41) is 10.3. The summed E-state index contributed by atoms with van der Waals surface area (Å²) >= 11 is 0. The average Bonchev–Trinajstić information content (AvgIpc) is 3.26. The number of aryl methyl sites for hydroxylation is 1. The van der Waals surface area contributed by atoms with Crippen molar-refractivity contribution in [1.82, 2.24) is 9.47 Å². The Kier molecular flexibility index (Phi) is 8.42. The molecule has 1 aromatic heterocycles. The van der Waals surface area contributed by atoms with E-state index in [1.54, 1.807) is 5.57 Å². The van der Waals surface area contributed by atoms with Gasteiger partial charge in [-0.05, 0) is 78.1 Å². The predicted molar refractivity (Wildman–Crippen MR) is 158 cm³/mol. The maximum atomic E-state index is 10.3. The zero-order valence-corrected chi connectivity index (χ0v) is 23.1. The third-order valence-electron chi connectivity index (χ3n) is 8.35. The summed E-state index contributed by atoms with van der Waals surface area (Å²) in [6.07, 6.45) is 10.7. The number of nitriles is 1. The quantitative estimate of drug-likeness (QED) is 0.265. The van der Waals surface area contributed by atoms with Gasteiger partial charge in [0.25, 0.3) is 0 Å². The molecule has 0 spiro atoms. The summed E-state index contributed by atoms with van der Waals surface area (Å²) in [5.74, 6) is 0.276. The van der Waals surface area contributed by atoms with Crippen LogP contribution in [0.2, 0.25) is 0 Å². The minimum Gasteiger partial charge on any atom is -0.353 e. The number of nitrogens with zero attached hydrogens (tertiary/aromatic N) is 3. The highest BCUT2D eigenvalue weighted by molar-refractivity contribution is 5.94. The summed E-state index contributed by atoms with van der Waals surface area (Å²) in [4.78, 5) is 2.60. The van der Waals surface area contributed by atoms with Crippen LogP contribution in [0.3, 0.4) is 0 Å². The Balaban J connectivity index is 0.00000320. The molecule has 192 valence electrons.